The number of ether oxygens (including phenoxy) is 1. The van der Waals surface area contributed by atoms with Gasteiger partial charge in [0.2, 0.25) is 0 Å². The molecule has 1 aromatic rings. The van der Waals surface area contributed by atoms with E-state index in [4.69, 9.17) is 4.74 Å². The highest BCUT2D eigenvalue weighted by atomic mass is 32.2. The van der Waals surface area contributed by atoms with E-state index in [1.807, 2.05) is 11.8 Å². The van der Waals surface area contributed by atoms with Crippen molar-refractivity contribution in [2.75, 3.05) is 23.8 Å². The molecule has 4 fully saturated rings. The van der Waals surface area contributed by atoms with Crippen molar-refractivity contribution in [3.8, 4) is 0 Å². The SMILES string of the molecule is O=C(COC1(C2CCCCCCCC2)CCCS1)N(CC1CCC2(CCCCCC2)S1)c1ccccc1. The highest BCUT2D eigenvalue weighted by molar-refractivity contribution is 8.01. The fourth-order valence-electron chi connectivity index (χ4n) is 7.45. The molecule has 37 heavy (non-hydrogen) atoms. The van der Waals surface area contributed by atoms with Gasteiger partial charge >= 0.3 is 0 Å². The molecule has 0 aromatic heterocycles. The largest absolute Gasteiger partial charge is 0.354 e. The third-order valence-corrected chi connectivity index (χ3v) is 13.0. The molecule has 2 aliphatic carbocycles. The smallest absolute Gasteiger partial charge is 0.253 e. The number of thioether (sulfide) groups is 2. The number of rotatable bonds is 7. The molecular weight excluding hydrogens is 494 g/mol. The van der Waals surface area contributed by atoms with E-state index < -0.39 is 0 Å². The molecule has 1 spiro atoms. The zero-order chi connectivity index (χ0) is 25.4. The molecule has 3 nitrogen and oxygen atoms in total. The van der Waals surface area contributed by atoms with E-state index in [0.717, 1.165) is 18.7 Å². The van der Waals surface area contributed by atoms with E-state index in [1.54, 1.807) is 0 Å². The Morgan fingerprint density at radius 3 is 2.16 bits per heavy atom. The van der Waals surface area contributed by atoms with Gasteiger partial charge in [-0.15, -0.1) is 23.5 Å². The quantitative estimate of drug-likeness (QED) is 0.343. The number of carbonyl (C=O) groups excluding carboxylic acids is 1. The lowest BCUT2D eigenvalue weighted by molar-refractivity contribution is -0.128. The molecule has 2 aliphatic heterocycles. The summed E-state index contributed by atoms with van der Waals surface area (Å²) in [6.45, 7) is 1.04. The molecule has 206 valence electrons. The summed E-state index contributed by atoms with van der Waals surface area (Å²) in [5.74, 6) is 1.92. The molecule has 2 saturated heterocycles. The number of anilines is 1. The molecule has 2 saturated carbocycles. The summed E-state index contributed by atoms with van der Waals surface area (Å²) in [4.78, 5) is 15.8. The molecule has 0 bridgehead atoms. The van der Waals surface area contributed by atoms with Gasteiger partial charge in [0.25, 0.3) is 5.91 Å². The minimum absolute atomic E-state index is 0.144. The first-order valence-electron chi connectivity index (χ1n) is 15.5. The van der Waals surface area contributed by atoms with E-state index >= 15 is 0 Å². The zero-order valence-electron chi connectivity index (χ0n) is 23.0. The van der Waals surface area contributed by atoms with E-state index in [1.165, 1.54) is 115 Å². The van der Waals surface area contributed by atoms with Gasteiger partial charge in [-0.1, -0.05) is 82.4 Å². The molecule has 0 radical (unpaired) electrons. The molecule has 2 heterocycles. The monoisotopic (exact) mass is 543 g/mol. The lowest BCUT2D eigenvalue weighted by atomic mass is 9.88. The second-order valence-corrected chi connectivity index (χ2v) is 15.3. The van der Waals surface area contributed by atoms with Crippen molar-refractivity contribution in [1.82, 2.24) is 0 Å². The van der Waals surface area contributed by atoms with Crippen LogP contribution in [0.4, 0.5) is 5.69 Å². The van der Waals surface area contributed by atoms with Crippen LogP contribution in [0.1, 0.15) is 116 Å². The van der Waals surface area contributed by atoms with E-state index in [0.29, 0.717) is 15.9 Å². The number of nitrogens with zero attached hydrogens (tertiary/aromatic N) is 1. The van der Waals surface area contributed by atoms with E-state index in [9.17, 15) is 4.79 Å². The van der Waals surface area contributed by atoms with Crippen molar-refractivity contribution >= 4 is 35.1 Å². The van der Waals surface area contributed by atoms with Gasteiger partial charge in [-0.05, 0) is 75.2 Å². The highest BCUT2D eigenvalue weighted by Crippen LogP contribution is 2.52. The maximum atomic E-state index is 13.9. The van der Waals surface area contributed by atoms with Gasteiger partial charge in [0, 0.05) is 22.2 Å². The Balaban J connectivity index is 1.26. The summed E-state index contributed by atoms with van der Waals surface area (Å²) >= 11 is 4.24. The molecule has 0 N–H and O–H groups in total. The van der Waals surface area contributed by atoms with Gasteiger partial charge in [-0.25, -0.2) is 0 Å². The predicted octanol–water partition coefficient (Wildman–Crippen LogP) is 9.00. The Hall–Kier alpha value is -0.650. The summed E-state index contributed by atoms with van der Waals surface area (Å²) in [7, 11) is 0. The van der Waals surface area contributed by atoms with Crippen LogP contribution in [0.2, 0.25) is 0 Å². The van der Waals surface area contributed by atoms with Gasteiger partial charge in [0.05, 0.1) is 0 Å². The first-order chi connectivity index (χ1) is 18.2. The van der Waals surface area contributed by atoms with Crippen molar-refractivity contribution in [1.29, 1.82) is 0 Å². The Kier molecular flexibility index (Phi) is 10.3. The van der Waals surface area contributed by atoms with Crippen molar-refractivity contribution < 1.29 is 9.53 Å². The molecule has 5 rings (SSSR count). The average molecular weight is 544 g/mol. The molecule has 1 aromatic carbocycles. The first kappa shape index (κ1) is 27.9. The van der Waals surface area contributed by atoms with Gasteiger partial charge in [-0.3, -0.25) is 4.79 Å². The predicted molar refractivity (Wildman–Crippen MR) is 161 cm³/mol. The van der Waals surface area contributed by atoms with Crippen molar-refractivity contribution in [3.63, 3.8) is 0 Å². The maximum Gasteiger partial charge on any atom is 0.253 e. The minimum atomic E-state index is -0.144. The molecule has 2 unspecified atom stereocenters. The lowest BCUT2D eigenvalue weighted by Gasteiger charge is -2.37. The maximum absolute atomic E-state index is 13.9. The summed E-state index contributed by atoms with van der Waals surface area (Å²) in [6.07, 6.45) is 23.9. The Morgan fingerprint density at radius 2 is 1.49 bits per heavy atom. The number of hydrogen-bond donors (Lipinski definition) is 0. The number of hydrogen-bond acceptors (Lipinski definition) is 4. The zero-order valence-corrected chi connectivity index (χ0v) is 24.6. The topological polar surface area (TPSA) is 29.5 Å². The molecule has 5 heteroatoms. The number of amides is 1. The van der Waals surface area contributed by atoms with Crippen LogP contribution < -0.4 is 4.90 Å². The van der Waals surface area contributed by atoms with Gasteiger partial charge in [0.1, 0.15) is 11.5 Å². The third kappa shape index (κ3) is 7.31. The highest BCUT2D eigenvalue weighted by Gasteiger charge is 2.44. The van der Waals surface area contributed by atoms with Gasteiger partial charge < -0.3 is 9.64 Å². The van der Waals surface area contributed by atoms with Crippen LogP contribution in [0.5, 0.6) is 0 Å². The average Bonchev–Trinajstić information content (AvgIpc) is 3.53. The minimum Gasteiger partial charge on any atom is -0.354 e. The van der Waals surface area contributed by atoms with Crippen LogP contribution in [0.3, 0.4) is 0 Å². The Morgan fingerprint density at radius 1 is 0.811 bits per heavy atom. The fraction of sp³-hybridized carbons (Fsp3) is 0.781. The lowest BCUT2D eigenvalue weighted by Crippen LogP contribution is -2.43. The van der Waals surface area contributed by atoms with E-state index in [2.05, 4.69) is 47.0 Å². The van der Waals surface area contributed by atoms with Crippen LogP contribution in [-0.4, -0.2) is 39.7 Å². The second kappa shape index (κ2) is 13.6. The fourth-order valence-corrected chi connectivity index (χ4v) is 10.9. The third-order valence-electron chi connectivity index (χ3n) is 9.54. The molecule has 2 atom stereocenters. The number of carbonyl (C=O) groups is 1. The Labute approximate surface area is 234 Å². The molecular formula is C32H49NO2S2. The summed E-state index contributed by atoms with van der Waals surface area (Å²) in [6, 6.07) is 10.4. The van der Waals surface area contributed by atoms with Crippen molar-refractivity contribution in [2.24, 2.45) is 5.92 Å². The Bertz CT molecular complexity index is 822. The normalized spacial score (nSPS) is 29.4. The van der Waals surface area contributed by atoms with Crippen LogP contribution in [-0.2, 0) is 9.53 Å². The number of para-hydroxylation sites is 1. The van der Waals surface area contributed by atoms with Gasteiger partial charge in [-0.2, -0.15) is 0 Å². The van der Waals surface area contributed by atoms with Crippen LogP contribution in [0, 0.1) is 5.92 Å². The summed E-state index contributed by atoms with van der Waals surface area (Å²) in [5.41, 5.74) is 1.04. The summed E-state index contributed by atoms with van der Waals surface area (Å²) < 4.78 is 7.26. The molecule has 1 amide bonds. The van der Waals surface area contributed by atoms with E-state index in [-0.39, 0.29) is 17.4 Å². The second-order valence-electron chi connectivity index (χ2n) is 12.2. The number of benzene rings is 1. The summed E-state index contributed by atoms with van der Waals surface area (Å²) in [5, 5.41) is 0.534. The standard InChI is InChI=1S/C32H49NO2S2/c34-30(26-35-32(22-14-24-36-32)27-15-8-3-1-2-4-9-16-27)33(28-17-10-7-11-18-28)25-29-19-23-31(37-29)20-12-5-6-13-21-31/h7,10-11,17-18,27,29H,1-6,8-9,12-16,19-26H2. The van der Waals surface area contributed by atoms with Crippen LogP contribution in [0.15, 0.2) is 30.3 Å². The first-order valence-corrected chi connectivity index (χ1v) is 17.4. The molecule has 4 aliphatic rings. The van der Waals surface area contributed by atoms with Crippen LogP contribution in [0.25, 0.3) is 0 Å². The van der Waals surface area contributed by atoms with Crippen molar-refractivity contribution in [3.05, 3.63) is 30.3 Å². The van der Waals surface area contributed by atoms with Crippen LogP contribution >= 0.6 is 23.5 Å². The van der Waals surface area contributed by atoms with Crippen molar-refractivity contribution in [2.45, 2.75) is 131 Å². The van der Waals surface area contributed by atoms with Gasteiger partial charge in [0.15, 0.2) is 0 Å².